The van der Waals surface area contributed by atoms with Gasteiger partial charge in [0.15, 0.2) is 0 Å². The quantitative estimate of drug-likeness (QED) is 0.716. The number of carbonyl (C=O) groups excluding carboxylic acids is 2. The standard InChI is InChI=1S/C21H20N4O3/c26-20(23-16-7-9-18(10-8-16)25-12-3-11-22-25)15-4-1-5-17(14-15)24-21(27)19-6-2-13-28-19/h1,3-5,7-12,14,19H,2,6,13H2,(H,23,26)(H,24,27). The smallest absolute Gasteiger partial charge is 0.255 e. The topological polar surface area (TPSA) is 85.3 Å². The van der Waals surface area contributed by atoms with Crippen LogP contribution in [0.1, 0.15) is 23.2 Å². The Morgan fingerprint density at radius 1 is 1.04 bits per heavy atom. The lowest BCUT2D eigenvalue weighted by atomic mass is 10.1. The van der Waals surface area contributed by atoms with Gasteiger partial charge in [-0.25, -0.2) is 4.68 Å². The van der Waals surface area contributed by atoms with Crippen molar-refractivity contribution in [2.24, 2.45) is 0 Å². The van der Waals surface area contributed by atoms with E-state index in [1.54, 1.807) is 35.1 Å². The number of hydrogen-bond donors (Lipinski definition) is 2. The minimum atomic E-state index is -0.411. The molecule has 7 heteroatoms. The highest BCUT2D eigenvalue weighted by atomic mass is 16.5. The number of hydrogen-bond acceptors (Lipinski definition) is 4. The van der Waals surface area contributed by atoms with Gasteiger partial charge in [-0.1, -0.05) is 6.07 Å². The number of nitrogens with one attached hydrogen (secondary N) is 2. The summed E-state index contributed by atoms with van der Waals surface area (Å²) < 4.78 is 7.12. The van der Waals surface area contributed by atoms with Crippen LogP contribution in [-0.2, 0) is 9.53 Å². The van der Waals surface area contributed by atoms with E-state index in [-0.39, 0.29) is 11.8 Å². The molecule has 1 aliphatic heterocycles. The van der Waals surface area contributed by atoms with E-state index in [1.807, 2.05) is 36.5 Å². The van der Waals surface area contributed by atoms with Crippen molar-refractivity contribution in [2.75, 3.05) is 17.2 Å². The van der Waals surface area contributed by atoms with E-state index in [0.29, 0.717) is 23.5 Å². The monoisotopic (exact) mass is 376 g/mol. The number of carbonyl (C=O) groups is 2. The molecule has 142 valence electrons. The maximum Gasteiger partial charge on any atom is 0.255 e. The van der Waals surface area contributed by atoms with Crippen molar-refractivity contribution >= 4 is 23.2 Å². The van der Waals surface area contributed by atoms with Crippen LogP contribution < -0.4 is 10.6 Å². The third-order valence-electron chi connectivity index (χ3n) is 4.51. The van der Waals surface area contributed by atoms with Gasteiger partial charge in [0.1, 0.15) is 6.10 Å². The number of benzene rings is 2. The van der Waals surface area contributed by atoms with Gasteiger partial charge in [-0.15, -0.1) is 0 Å². The first-order valence-electron chi connectivity index (χ1n) is 9.13. The summed E-state index contributed by atoms with van der Waals surface area (Å²) in [6, 6.07) is 16.1. The van der Waals surface area contributed by atoms with Crippen LogP contribution >= 0.6 is 0 Å². The number of nitrogens with zero attached hydrogens (tertiary/aromatic N) is 2. The van der Waals surface area contributed by atoms with Gasteiger partial charge in [-0.2, -0.15) is 5.10 Å². The second kappa shape index (κ2) is 8.06. The molecule has 0 aliphatic carbocycles. The molecule has 0 radical (unpaired) electrons. The Morgan fingerprint density at radius 3 is 2.61 bits per heavy atom. The van der Waals surface area contributed by atoms with Crippen LogP contribution in [-0.4, -0.2) is 34.3 Å². The second-order valence-electron chi connectivity index (χ2n) is 6.52. The number of rotatable bonds is 5. The molecule has 1 aliphatic rings. The van der Waals surface area contributed by atoms with Gasteiger partial charge in [-0.3, -0.25) is 9.59 Å². The summed E-state index contributed by atoms with van der Waals surface area (Å²) in [4.78, 5) is 24.7. The van der Waals surface area contributed by atoms with E-state index in [4.69, 9.17) is 4.74 Å². The SMILES string of the molecule is O=C(Nc1ccc(-n2cccn2)cc1)c1cccc(NC(=O)C2CCCO2)c1. The number of anilines is 2. The van der Waals surface area contributed by atoms with E-state index in [2.05, 4.69) is 15.7 Å². The Bertz CT molecular complexity index is 962. The van der Waals surface area contributed by atoms with Gasteiger partial charge in [0, 0.05) is 35.9 Å². The van der Waals surface area contributed by atoms with E-state index >= 15 is 0 Å². The van der Waals surface area contributed by atoms with Gasteiger partial charge in [-0.05, 0) is 61.4 Å². The first-order valence-corrected chi connectivity index (χ1v) is 9.13. The molecule has 2 N–H and O–H groups in total. The van der Waals surface area contributed by atoms with Crippen LogP contribution in [0.3, 0.4) is 0 Å². The summed E-state index contributed by atoms with van der Waals surface area (Å²) in [5.74, 6) is -0.427. The molecule has 1 unspecified atom stereocenters. The van der Waals surface area contributed by atoms with E-state index in [9.17, 15) is 9.59 Å². The van der Waals surface area contributed by atoms with Crippen molar-refractivity contribution in [3.8, 4) is 5.69 Å². The molecule has 4 rings (SSSR count). The van der Waals surface area contributed by atoms with Crippen molar-refractivity contribution in [1.82, 2.24) is 9.78 Å². The first kappa shape index (κ1) is 17.9. The van der Waals surface area contributed by atoms with Crippen molar-refractivity contribution in [1.29, 1.82) is 0 Å². The van der Waals surface area contributed by atoms with Gasteiger partial charge in [0.05, 0.1) is 5.69 Å². The summed E-state index contributed by atoms with van der Waals surface area (Å²) in [7, 11) is 0. The molecule has 2 heterocycles. The van der Waals surface area contributed by atoms with Gasteiger partial charge < -0.3 is 15.4 Å². The highest BCUT2D eigenvalue weighted by Crippen LogP contribution is 2.18. The highest BCUT2D eigenvalue weighted by Gasteiger charge is 2.23. The molecular weight excluding hydrogens is 356 g/mol. The first-order chi connectivity index (χ1) is 13.7. The van der Waals surface area contributed by atoms with Crippen LogP contribution in [0, 0.1) is 0 Å². The highest BCUT2D eigenvalue weighted by molar-refractivity contribution is 6.05. The maximum atomic E-state index is 12.6. The molecule has 0 bridgehead atoms. The molecule has 0 saturated carbocycles. The zero-order valence-corrected chi connectivity index (χ0v) is 15.2. The Morgan fingerprint density at radius 2 is 1.89 bits per heavy atom. The number of ether oxygens (including phenoxy) is 1. The lowest BCUT2D eigenvalue weighted by molar-refractivity contribution is -0.124. The third-order valence-corrected chi connectivity index (χ3v) is 4.51. The molecule has 2 aromatic carbocycles. The van der Waals surface area contributed by atoms with Gasteiger partial charge in [0.25, 0.3) is 11.8 Å². The fourth-order valence-corrected chi connectivity index (χ4v) is 3.07. The molecule has 3 aromatic rings. The van der Waals surface area contributed by atoms with E-state index in [1.165, 1.54) is 0 Å². The van der Waals surface area contributed by atoms with Crippen LogP contribution in [0.25, 0.3) is 5.69 Å². The molecule has 0 spiro atoms. The van der Waals surface area contributed by atoms with Gasteiger partial charge in [0.2, 0.25) is 0 Å². The third kappa shape index (κ3) is 4.10. The van der Waals surface area contributed by atoms with Crippen molar-refractivity contribution in [3.63, 3.8) is 0 Å². The Kier molecular flexibility index (Phi) is 5.16. The zero-order valence-electron chi connectivity index (χ0n) is 15.2. The summed E-state index contributed by atoms with van der Waals surface area (Å²) >= 11 is 0. The van der Waals surface area contributed by atoms with Crippen molar-refractivity contribution in [3.05, 3.63) is 72.6 Å². The van der Waals surface area contributed by atoms with Crippen molar-refractivity contribution < 1.29 is 14.3 Å². The van der Waals surface area contributed by atoms with Crippen LogP contribution in [0.5, 0.6) is 0 Å². The van der Waals surface area contributed by atoms with E-state index < -0.39 is 6.10 Å². The average Bonchev–Trinajstić information content (AvgIpc) is 3.43. The number of amides is 2. The molecule has 1 fully saturated rings. The largest absolute Gasteiger partial charge is 0.368 e. The molecule has 28 heavy (non-hydrogen) atoms. The Labute approximate surface area is 162 Å². The van der Waals surface area contributed by atoms with E-state index in [0.717, 1.165) is 18.5 Å². The lowest BCUT2D eigenvalue weighted by Gasteiger charge is -2.11. The number of aromatic nitrogens is 2. The predicted molar refractivity (Wildman–Crippen MR) is 106 cm³/mol. The maximum absolute atomic E-state index is 12.6. The predicted octanol–water partition coefficient (Wildman–Crippen LogP) is 3.24. The Hall–Kier alpha value is -3.45. The fraction of sp³-hybridized carbons (Fsp3) is 0.190. The van der Waals surface area contributed by atoms with Crippen LogP contribution in [0.4, 0.5) is 11.4 Å². The summed E-state index contributed by atoms with van der Waals surface area (Å²) in [5, 5.41) is 9.85. The van der Waals surface area contributed by atoms with Crippen LogP contribution in [0.2, 0.25) is 0 Å². The molecule has 1 atom stereocenters. The Balaban J connectivity index is 1.41. The van der Waals surface area contributed by atoms with Crippen molar-refractivity contribution in [2.45, 2.75) is 18.9 Å². The lowest BCUT2D eigenvalue weighted by Crippen LogP contribution is -2.27. The summed E-state index contributed by atoms with van der Waals surface area (Å²) in [5.41, 5.74) is 2.61. The van der Waals surface area contributed by atoms with Crippen LogP contribution in [0.15, 0.2) is 67.0 Å². The fourth-order valence-electron chi connectivity index (χ4n) is 3.07. The minimum Gasteiger partial charge on any atom is -0.368 e. The molecule has 1 aromatic heterocycles. The molecular formula is C21H20N4O3. The molecule has 7 nitrogen and oxygen atoms in total. The summed E-state index contributed by atoms with van der Waals surface area (Å²) in [6.45, 7) is 0.611. The van der Waals surface area contributed by atoms with Gasteiger partial charge >= 0.3 is 0 Å². The molecule has 1 saturated heterocycles. The minimum absolute atomic E-state index is 0.177. The second-order valence-corrected chi connectivity index (χ2v) is 6.52. The normalized spacial score (nSPS) is 15.9. The summed E-state index contributed by atoms with van der Waals surface area (Å²) in [6.07, 6.45) is 4.76. The average molecular weight is 376 g/mol. The molecule has 2 amide bonds. The zero-order chi connectivity index (χ0) is 19.3.